The Morgan fingerprint density at radius 1 is 1.67 bits per heavy atom. The number of hydrogen-bond donors (Lipinski definition) is 0. The second kappa shape index (κ2) is 2.88. The first kappa shape index (κ1) is 9.23. The molecule has 1 rings (SSSR count). The first-order chi connectivity index (χ1) is 5.49. The third-order valence-corrected chi connectivity index (χ3v) is 2.55. The van der Waals surface area contributed by atoms with Crippen LogP contribution in [0.4, 0.5) is 0 Å². The van der Waals surface area contributed by atoms with Gasteiger partial charge in [0, 0.05) is 12.3 Å². The van der Waals surface area contributed by atoms with Gasteiger partial charge in [0.2, 0.25) is 0 Å². The molecule has 0 spiro atoms. The van der Waals surface area contributed by atoms with Gasteiger partial charge in [0.15, 0.2) is 0 Å². The summed E-state index contributed by atoms with van der Waals surface area (Å²) in [6.07, 6.45) is 0.958. The highest BCUT2D eigenvalue weighted by Gasteiger charge is 2.45. The molecule has 0 radical (unpaired) electrons. The van der Waals surface area contributed by atoms with E-state index < -0.39 is 5.41 Å². The van der Waals surface area contributed by atoms with Crippen LogP contribution in [-0.4, -0.2) is 18.9 Å². The lowest BCUT2D eigenvalue weighted by atomic mass is 9.88. The fourth-order valence-corrected chi connectivity index (χ4v) is 1.82. The number of carbonyl (C=O) groups is 2. The summed E-state index contributed by atoms with van der Waals surface area (Å²) in [6.45, 7) is 3.65. The van der Waals surface area contributed by atoms with Gasteiger partial charge in [-0.3, -0.25) is 9.59 Å². The lowest BCUT2D eigenvalue weighted by Crippen LogP contribution is -2.26. The maximum Gasteiger partial charge on any atom is 0.311 e. The Kier molecular flexibility index (Phi) is 2.22. The molecule has 1 aliphatic carbocycles. The van der Waals surface area contributed by atoms with E-state index in [1.54, 1.807) is 6.92 Å². The first-order valence-corrected chi connectivity index (χ1v) is 4.11. The van der Waals surface area contributed by atoms with Gasteiger partial charge in [0.05, 0.1) is 12.5 Å². The predicted octanol–water partition coefficient (Wildman–Crippen LogP) is 1.16. The van der Waals surface area contributed by atoms with E-state index in [-0.39, 0.29) is 17.7 Å². The van der Waals surface area contributed by atoms with Crippen LogP contribution in [0.2, 0.25) is 0 Å². The van der Waals surface area contributed by atoms with Gasteiger partial charge in [-0.05, 0) is 13.3 Å². The molecule has 1 fully saturated rings. The van der Waals surface area contributed by atoms with Gasteiger partial charge in [0.25, 0.3) is 0 Å². The molecule has 3 nitrogen and oxygen atoms in total. The van der Waals surface area contributed by atoms with Crippen LogP contribution >= 0.6 is 0 Å². The average molecular weight is 170 g/mol. The van der Waals surface area contributed by atoms with E-state index in [0.717, 1.165) is 0 Å². The summed E-state index contributed by atoms with van der Waals surface area (Å²) in [7, 11) is 1.36. The summed E-state index contributed by atoms with van der Waals surface area (Å²) < 4.78 is 4.64. The third-order valence-electron chi connectivity index (χ3n) is 2.55. The molecule has 0 saturated heterocycles. The minimum Gasteiger partial charge on any atom is -0.469 e. The molecule has 0 N–H and O–H groups in total. The number of hydrogen-bond acceptors (Lipinski definition) is 3. The van der Waals surface area contributed by atoms with Crippen LogP contribution in [-0.2, 0) is 14.3 Å². The smallest absolute Gasteiger partial charge is 0.311 e. The van der Waals surface area contributed by atoms with Crippen molar-refractivity contribution in [3.63, 3.8) is 0 Å². The Balaban J connectivity index is 2.76. The molecule has 0 unspecified atom stereocenters. The number of rotatable bonds is 1. The van der Waals surface area contributed by atoms with E-state index >= 15 is 0 Å². The van der Waals surface area contributed by atoms with Gasteiger partial charge in [-0.1, -0.05) is 6.92 Å². The molecule has 12 heavy (non-hydrogen) atoms. The zero-order valence-electron chi connectivity index (χ0n) is 7.72. The summed E-state index contributed by atoms with van der Waals surface area (Å²) in [5.41, 5.74) is -0.564. The Bertz CT molecular complexity index is 222. The quantitative estimate of drug-likeness (QED) is 0.555. The van der Waals surface area contributed by atoms with Crippen molar-refractivity contribution in [3.8, 4) is 0 Å². The number of Topliss-reactive ketones (excluding diaryl/α,β-unsaturated/α-hetero) is 1. The van der Waals surface area contributed by atoms with Crippen molar-refractivity contribution < 1.29 is 14.3 Å². The number of esters is 1. The topological polar surface area (TPSA) is 43.4 Å². The van der Waals surface area contributed by atoms with Crippen LogP contribution in [0.5, 0.6) is 0 Å². The second-order valence-electron chi connectivity index (χ2n) is 3.80. The summed E-state index contributed by atoms with van der Waals surface area (Å²) in [5.74, 6) is -0.0859. The van der Waals surface area contributed by atoms with Crippen molar-refractivity contribution in [1.82, 2.24) is 0 Å². The van der Waals surface area contributed by atoms with Crippen LogP contribution in [0.15, 0.2) is 0 Å². The van der Waals surface area contributed by atoms with E-state index in [2.05, 4.69) is 4.74 Å². The van der Waals surface area contributed by atoms with E-state index in [1.165, 1.54) is 7.11 Å². The van der Waals surface area contributed by atoms with Crippen LogP contribution < -0.4 is 0 Å². The van der Waals surface area contributed by atoms with E-state index in [0.29, 0.717) is 12.8 Å². The maximum atomic E-state index is 11.3. The molecule has 0 aromatic rings. The SMILES string of the molecule is COC(=O)[C@]1(C)CC(=O)[C@@H](C)C1. The molecule has 0 aromatic heterocycles. The molecule has 68 valence electrons. The van der Waals surface area contributed by atoms with Gasteiger partial charge in [-0.25, -0.2) is 0 Å². The van der Waals surface area contributed by atoms with Gasteiger partial charge >= 0.3 is 5.97 Å². The molecule has 2 atom stereocenters. The van der Waals surface area contributed by atoms with Gasteiger partial charge in [-0.15, -0.1) is 0 Å². The van der Waals surface area contributed by atoms with Crippen molar-refractivity contribution in [3.05, 3.63) is 0 Å². The second-order valence-corrected chi connectivity index (χ2v) is 3.80. The van der Waals surface area contributed by atoms with Crippen molar-refractivity contribution in [2.24, 2.45) is 11.3 Å². The number of ketones is 1. The van der Waals surface area contributed by atoms with Crippen molar-refractivity contribution >= 4 is 11.8 Å². The van der Waals surface area contributed by atoms with Crippen LogP contribution in [0.25, 0.3) is 0 Å². The van der Waals surface area contributed by atoms with E-state index in [4.69, 9.17) is 0 Å². The average Bonchev–Trinajstić information content (AvgIpc) is 2.26. The van der Waals surface area contributed by atoms with Crippen molar-refractivity contribution in [1.29, 1.82) is 0 Å². The first-order valence-electron chi connectivity index (χ1n) is 4.11. The molecule has 0 heterocycles. The molecule has 3 heteroatoms. The monoisotopic (exact) mass is 170 g/mol. The summed E-state index contributed by atoms with van der Waals surface area (Å²) in [5, 5.41) is 0. The molecule has 0 aliphatic heterocycles. The molecule has 0 bridgehead atoms. The fourth-order valence-electron chi connectivity index (χ4n) is 1.82. The maximum absolute atomic E-state index is 11.3. The Morgan fingerprint density at radius 3 is 2.58 bits per heavy atom. The molecule has 1 aliphatic rings. The normalized spacial score (nSPS) is 35.2. The Hall–Kier alpha value is -0.860. The molecule has 0 amide bonds. The number of ether oxygens (including phenoxy) is 1. The van der Waals surface area contributed by atoms with E-state index in [9.17, 15) is 9.59 Å². The van der Waals surface area contributed by atoms with Gasteiger partial charge < -0.3 is 4.74 Å². The highest BCUT2D eigenvalue weighted by Crippen LogP contribution is 2.39. The standard InChI is InChI=1S/C9H14O3/c1-6-4-9(2,5-7(6)10)8(11)12-3/h6H,4-5H2,1-3H3/t6-,9-/m0/s1. The van der Waals surface area contributed by atoms with Crippen LogP contribution in [0, 0.1) is 11.3 Å². The minimum absolute atomic E-state index is 0.00843. The van der Waals surface area contributed by atoms with Crippen LogP contribution in [0.1, 0.15) is 26.7 Å². The number of methoxy groups -OCH3 is 1. The molecule has 0 aromatic carbocycles. The molecular formula is C9H14O3. The number of carbonyl (C=O) groups excluding carboxylic acids is 2. The Morgan fingerprint density at radius 2 is 2.25 bits per heavy atom. The molecular weight excluding hydrogens is 156 g/mol. The summed E-state index contributed by atoms with van der Waals surface area (Å²) in [4.78, 5) is 22.5. The highest BCUT2D eigenvalue weighted by atomic mass is 16.5. The minimum atomic E-state index is -0.564. The summed E-state index contributed by atoms with van der Waals surface area (Å²) in [6, 6.07) is 0. The predicted molar refractivity (Wildman–Crippen MR) is 43.5 cm³/mol. The van der Waals surface area contributed by atoms with Gasteiger partial charge in [-0.2, -0.15) is 0 Å². The van der Waals surface area contributed by atoms with Crippen molar-refractivity contribution in [2.75, 3.05) is 7.11 Å². The van der Waals surface area contributed by atoms with Gasteiger partial charge in [0.1, 0.15) is 5.78 Å². The molecule has 1 saturated carbocycles. The van der Waals surface area contributed by atoms with Crippen LogP contribution in [0.3, 0.4) is 0 Å². The summed E-state index contributed by atoms with van der Waals surface area (Å²) >= 11 is 0. The lowest BCUT2D eigenvalue weighted by molar-refractivity contribution is -0.152. The largest absolute Gasteiger partial charge is 0.469 e. The third kappa shape index (κ3) is 1.36. The van der Waals surface area contributed by atoms with E-state index in [1.807, 2.05) is 6.92 Å². The zero-order valence-corrected chi connectivity index (χ0v) is 7.72. The van der Waals surface area contributed by atoms with Crippen molar-refractivity contribution in [2.45, 2.75) is 26.7 Å². The highest BCUT2D eigenvalue weighted by molar-refractivity contribution is 5.91. The fraction of sp³-hybridized carbons (Fsp3) is 0.778. The Labute approximate surface area is 72.1 Å². The lowest BCUT2D eigenvalue weighted by Gasteiger charge is -2.18. The zero-order chi connectivity index (χ0) is 9.35.